The first-order chi connectivity index (χ1) is 9.04. The number of hydrogen-bond donors (Lipinski definition) is 2. The van der Waals surface area contributed by atoms with Gasteiger partial charge in [-0.2, -0.15) is 0 Å². The predicted octanol–water partition coefficient (Wildman–Crippen LogP) is 2.47. The summed E-state index contributed by atoms with van der Waals surface area (Å²) in [5.41, 5.74) is 8.17. The van der Waals surface area contributed by atoms with Crippen molar-refractivity contribution in [3.8, 4) is 0 Å². The Hall–Kier alpha value is -1.60. The van der Waals surface area contributed by atoms with Gasteiger partial charge in [0.15, 0.2) is 4.34 Å². The number of thioether (sulfide) groups is 1. The van der Waals surface area contributed by atoms with E-state index in [1.165, 1.54) is 23.1 Å². The molecule has 0 unspecified atom stereocenters. The fourth-order valence-corrected chi connectivity index (χ4v) is 2.99. The SMILES string of the molecule is Cc1nnc(SCC(=O)Nc2ccc(C)c(N)c2)s1. The molecule has 2 rings (SSSR count). The van der Waals surface area contributed by atoms with Gasteiger partial charge < -0.3 is 11.1 Å². The monoisotopic (exact) mass is 294 g/mol. The van der Waals surface area contributed by atoms with Crippen molar-refractivity contribution in [1.29, 1.82) is 0 Å². The van der Waals surface area contributed by atoms with Crippen molar-refractivity contribution in [3.05, 3.63) is 28.8 Å². The second-order valence-electron chi connectivity index (χ2n) is 4.00. The Labute approximate surface area is 119 Å². The van der Waals surface area contributed by atoms with Crippen molar-refractivity contribution in [2.24, 2.45) is 0 Å². The lowest BCUT2D eigenvalue weighted by Gasteiger charge is -2.06. The summed E-state index contributed by atoms with van der Waals surface area (Å²) in [4.78, 5) is 11.8. The minimum absolute atomic E-state index is 0.0823. The second-order valence-corrected chi connectivity index (χ2v) is 6.40. The molecule has 0 saturated carbocycles. The molecule has 0 radical (unpaired) electrons. The number of hydrogen-bond acceptors (Lipinski definition) is 6. The Balaban J connectivity index is 1.88. The molecule has 0 aliphatic carbocycles. The molecule has 1 aromatic heterocycles. The molecule has 0 fully saturated rings. The van der Waals surface area contributed by atoms with E-state index in [0.717, 1.165) is 14.9 Å². The highest BCUT2D eigenvalue weighted by Gasteiger charge is 2.07. The molecule has 19 heavy (non-hydrogen) atoms. The summed E-state index contributed by atoms with van der Waals surface area (Å²) >= 11 is 2.86. The molecule has 1 heterocycles. The van der Waals surface area contributed by atoms with Gasteiger partial charge in [0.05, 0.1) is 5.75 Å². The van der Waals surface area contributed by atoms with Crippen LogP contribution in [0, 0.1) is 13.8 Å². The number of carbonyl (C=O) groups excluding carboxylic acids is 1. The predicted molar refractivity (Wildman–Crippen MR) is 79.6 cm³/mol. The summed E-state index contributed by atoms with van der Waals surface area (Å²) in [7, 11) is 0. The number of nitrogens with one attached hydrogen (secondary N) is 1. The Morgan fingerprint density at radius 1 is 1.42 bits per heavy atom. The van der Waals surface area contributed by atoms with Gasteiger partial charge in [-0.05, 0) is 31.5 Å². The van der Waals surface area contributed by atoms with Gasteiger partial charge in [-0.25, -0.2) is 0 Å². The van der Waals surface area contributed by atoms with Crippen LogP contribution in [0.15, 0.2) is 22.5 Å². The van der Waals surface area contributed by atoms with Crippen molar-refractivity contribution >= 4 is 40.4 Å². The molecule has 3 N–H and O–H groups in total. The van der Waals surface area contributed by atoms with E-state index in [9.17, 15) is 4.79 Å². The maximum atomic E-state index is 11.8. The number of nitrogen functional groups attached to an aromatic ring is 1. The zero-order chi connectivity index (χ0) is 13.8. The van der Waals surface area contributed by atoms with Gasteiger partial charge in [0.2, 0.25) is 5.91 Å². The molecule has 1 aromatic carbocycles. The number of amides is 1. The molecule has 0 atom stereocenters. The number of anilines is 2. The Bertz CT molecular complexity index is 597. The first-order valence-electron chi connectivity index (χ1n) is 5.63. The van der Waals surface area contributed by atoms with Gasteiger partial charge in [-0.15, -0.1) is 10.2 Å². The smallest absolute Gasteiger partial charge is 0.234 e. The summed E-state index contributed by atoms with van der Waals surface area (Å²) in [6.07, 6.45) is 0. The lowest BCUT2D eigenvalue weighted by molar-refractivity contribution is -0.113. The fraction of sp³-hybridized carbons (Fsp3) is 0.250. The highest BCUT2D eigenvalue weighted by molar-refractivity contribution is 8.01. The van der Waals surface area contributed by atoms with Crippen LogP contribution in [0.3, 0.4) is 0 Å². The summed E-state index contributed by atoms with van der Waals surface area (Å²) < 4.78 is 0.802. The topological polar surface area (TPSA) is 80.9 Å². The summed E-state index contributed by atoms with van der Waals surface area (Å²) in [6.45, 7) is 3.81. The highest BCUT2D eigenvalue weighted by atomic mass is 32.2. The second kappa shape index (κ2) is 6.03. The van der Waals surface area contributed by atoms with Crippen molar-refractivity contribution in [1.82, 2.24) is 10.2 Å². The minimum Gasteiger partial charge on any atom is -0.398 e. The van der Waals surface area contributed by atoms with Crippen LogP contribution >= 0.6 is 23.1 Å². The molecule has 1 amide bonds. The highest BCUT2D eigenvalue weighted by Crippen LogP contribution is 2.22. The molecule has 2 aromatic rings. The van der Waals surface area contributed by atoms with Crippen molar-refractivity contribution in [2.45, 2.75) is 18.2 Å². The molecule has 5 nitrogen and oxygen atoms in total. The number of rotatable bonds is 4. The van der Waals surface area contributed by atoms with Gasteiger partial charge in [0.25, 0.3) is 0 Å². The molecule has 0 saturated heterocycles. The zero-order valence-corrected chi connectivity index (χ0v) is 12.3. The first-order valence-corrected chi connectivity index (χ1v) is 7.43. The molecule has 7 heteroatoms. The number of nitrogens with two attached hydrogens (primary N) is 1. The lowest BCUT2D eigenvalue weighted by atomic mass is 10.2. The number of nitrogens with zero attached hydrogens (tertiary/aromatic N) is 2. The van der Waals surface area contributed by atoms with Gasteiger partial charge in [0.1, 0.15) is 5.01 Å². The maximum absolute atomic E-state index is 11.8. The summed E-state index contributed by atoms with van der Waals surface area (Å²) in [5, 5.41) is 11.6. The van der Waals surface area contributed by atoms with E-state index in [0.29, 0.717) is 17.1 Å². The third kappa shape index (κ3) is 3.93. The van der Waals surface area contributed by atoms with Crippen LogP contribution in [0.1, 0.15) is 10.6 Å². The molecule has 0 aliphatic rings. The van der Waals surface area contributed by atoms with Crippen molar-refractivity contribution < 1.29 is 4.79 Å². The number of aryl methyl sites for hydroxylation is 2. The molecule has 0 spiro atoms. The van der Waals surface area contributed by atoms with E-state index in [4.69, 9.17) is 5.73 Å². The number of carbonyl (C=O) groups is 1. The Morgan fingerprint density at radius 3 is 2.84 bits per heavy atom. The third-order valence-corrected chi connectivity index (χ3v) is 4.37. The van der Waals surface area contributed by atoms with Crippen LogP contribution in [-0.4, -0.2) is 21.9 Å². The minimum atomic E-state index is -0.0823. The van der Waals surface area contributed by atoms with Crippen molar-refractivity contribution in [2.75, 3.05) is 16.8 Å². The molecule has 0 bridgehead atoms. The van der Waals surface area contributed by atoms with E-state index in [2.05, 4.69) is 15.5 Å². The largest absolute Gasteiger partial charge is 0.398 e. The normalized spacial score (nSPS) is 10.4. The van der Waals surface area contributed by atoms with Gasteiger partial charge in [-0.3, -0.25) is 4.79 Å². The van der Waals surface area contributed by atoms with Crippen LogP contribution in [-0.2, 0) is 4.79 Å². The van der Waals surface area contributed by atoms with Crippen LogP contribution in [0.25, 0.3) is 0 Å². The molecular weight excluding hydrogens is 280 g/mol. The van der Waals surface area contributed by atoms with Gasteiger partial charge in [0, 0.05) is 11.4 Å². The van der Waals surface area contributed by atoms with Crippen molar-refractivity contribution in [3.63, 3.8) is 0 Å². The van der Waals surface area contributed by atoms with Crippen LogP contribution in [0.5, 0.6) is 0 Å². The molecular formula is C12H14N4OS2. The number of benzene rings is 1. The Kier molecular flexibility index (Phi) is 4.39. The first kappa shape index (κ1) is 13.8. The van der Waals surface area contributed by atoms with Gasteiger partial charge >= 0.3 is 0 Å². The Morgan fingerprint density at radius 2 is 2.21 bits per heavy atom. The molecule has 0 aliphatic heterocycles. The van der Waals surface area contributed by atoms with Crippen LogP contribution in [0.4, 0.5) is 11.4 Å². The maximum Gasteiger partial charge on any atom is 0.234 e. The average molecular weight is 294 g/mol. The van der Waals surface area contributed by atoms with Crippen LogP contribution < -0.4 is 11.1 Å². The summed E-state index contributed by atoms with van der Waals surface area (Å²) in [5.74, 6) is 0.226. The van der Waals surface area contributed by atoms with Gasteiger partial charge in [-0.1, -0.05) is 29.2 Å². The average Bonchev–Trinajstić information content (AvgIpc) is 2.77. The van der Waals surface area contributed by atoms with E-state index in [-0.39, 0.29) is 5.91 Å². The lowest BCUT2D eigenvalue weighted by Crippen LogP contribution is -2.14. The van der Waals surface area contributed by atoms with E-state index >= 15 is 0 Å². The molecule has 100 valence electrons. The quantitative estimate of drug-likeness (QED) is 0.669. The van der Waals surface area contributed by atoms with Crippen LogP contribution in [0.2, 0.25) is 0 Å². The van der Waals surface area contributed by atoms with E-state index < -0.39 is 0 Å². The summed E-state index contributed by atoms with van der Waals surface area (Å²) in [6, 6.07) is 5.47. The standard InChI is InChI=1S/C12H14N4OS2/c1-7-3-4-9(5-10(7)13)14-11(17)6-18-12-16-15-8(2)19-12/h3-5H,6,13H2,1-2H3,(H,14,17). The van der Waals surface area contributed by atoms with E-state index in [1.807, 2.05) is 26.0 Å². The fourth-order valence-electron chi connectivity index (χ4n) is 1.38. The third-order valence-electron chi connectivity index (χ3n) is 2.40. The van der Waals surface area contributed by atoms with E-state index in [1.54, 1.807) is 6.07 Å². The number of aromatic nitrogens is 2. The zero-order valence-electron chi connectivity index (χ0n) is 10.6.